The fourth-order valence-corrected chi connectivity index (χ4v) is 3.30. The molecule has 1 aromatic heterocycles. The maximum absolute atomic E-state index is 14.1. The molecule has 0 saturated carbocycles. The predicted molar refractivity (Wildman–Crippen MR) is 101 cm³/mol. The van der Waals surface area contributed by atoms with Crippen molar-refractivity contribution in [2.75, 3.05) is 19.0 Å². The van der Waals surface area contributed by atoms with E-state index in [1.807, 2.05) is 5.32 Å². The third-order valence-corrected chi connectivity index (χ3v) is 4.93. The van der Waals surface area contributed by atoms with E-state index in [2.05, 4.69) is 9.72 Å². The van der Waals surface area contributed by atoms with Crippen molar-refractivity contribution in [3.63, 3.8) is 0 Å². The lowest BCUT2D eigenvalue weighted by molar-refractivity contribution is -0.203. The van der Waals surface area contributed by atoms with E-state index in [0.717, 1.165) is 24.3 Å². The van der Waals surface area contributed by atoms with Gasteiger partial charge in [-0.25, -0.2) is 19.0 Å². The number of aromatic nitrogens is 1. The SMILES string of the molecule is CCOC(=O)c1sc(N[C@@](NC(=O)c2ccc(F)cc2)(C(=O)OC)C(F)(F)F)nc1C. The van der Waals surface area contributed by atoms with Gasteiger partial charge in [0.15, 0.2) is 5.13 Å². The Kier molecular flexibility index (Phi) is 7.21. The maximum atomic E-state index is 14.1. The molecule has 1 amide bonds. The van der Waals surface area contributed by atoms with Crippen LogP contribution in [0.15, 0.2) is 24.3 Å². The lowest BCUT2D eigenvalue weighted by Crippen LogP contribution is -2.69. The molecule has 0 aliphatic rings. The molecule has 168 valence electrons. The minimum atomic E-state index is -5.40. The predicted octanol–water partition coefficient (Wildman–Crippen LogP) is 3.04. The Morgan fingerprint density at radius 2 is 1.77 bits per heavy atom. The van der Waals surface area contributed by atoms with Crippen LogP contribution < -0.4 is 10.6 Å². The number of esters is 2. The first-order chi connectivity index (χ1) is 14.4. The highest BCUT2D eigenvalue weighted by atomic mass is 32.1. The molecule has 0 radical (unpaired) electrons. The van der Waals surface area contributed by atoms with Crippen molar-refractivity contribution in [2.45, 2.75) is 25.7 Å². The van der Waals surface area contributed by atoms with Gasteiger partial charge in [0.25, 0.3) is 5.91 Å². The topological polar surface area (TPSA) is 107 Å². The molecule has 2 N–H and O–H groups in total. The molecular formula is C18H17F4N3O5S. The quantitative estimate of drug-likeness (QED) is 0.369. The molecule has 8 nitrogen and oxygen atoms in total. The zero-order valence-corrected chi connectivity index (χ0v) is 17.2. The third kappa shape index (κ3) is 5.10. The van der Waals surface area contributed by atoms with Gasteiger partial charge < -0.3 is 20.1 Å². The summed E-state index contributed by atoms with van der Waals surface area (Å²) in [6.45, 7) is 2.93. The average molecular weight is 463 g/mol. The number of nitrogens with zero attached hydrogens (tertiary/aromatic N) is 1. The Morgan fingerprint density at radius 3 is 2.29 bits per heavy atom. The molecule has 1 heterocycles. The summed E-state index contributed by atoms with van der Waals surface area (Å²) < 4.78 is 64.4. The maximum Gasteiger partial charge on any atom is 0.442 e. The van der Waals surface area contributed by atoms with Gasteiger partial charge in [-0.1, -0.05) is 11.3 Å². The van der Waals surface area contributed by atoms with E-state index in [1.165, 1.54) is 6.92 Å². The number of aryl methyl sites for hydroxylation is 1. The van der Waals surface area contributed by atoms with Gasteiger partial charge in [-0.05, 0) is 38.1 Å². The first-order valence-electron chi connectivity index (χ1n) is 8.61. The number of carbonyl (C=O) groups excluding carboxylic acids is 3. The number of thiazole rings is 1. The second-order valence-electron chi connectivity index (χ2n) is 5.98. The molecular weight excluding hydrogens is 446 g/mol. The number of anilines is 1. The standard InChI is InChI=1S/C18H17F4N3O5S/c1-4-30-14(27)12-9(2)23-16(31-12)25-17(15(28)29-3,18(20,21)22)24-13(26)10-5-7-11(19)8-6-10/h5-8H,4H2,1-3H3,(H,23,25)(H,24,26)/t17-/m0/s1. The van der Waals surface area contributed by atoms with E-state index >= 15 is 0 Å². The number of hydrogen-bond acceptors (Lipinski definition) is 8. The fourth-order valence-electron chi connectivity index (χ4n) is 2.38. The summed E-state index contributed by atoms with van der Waals surface area (Å²) in [7, 11) is 0.700. The van der Waals surface area contributed by atoms with Gasteiger partial charge in [0.1, 0.15) is 10.7 Å². The Bertz CT molecular complexity index is 978. The molecule has 0 aliphatic carbocycles. The molecule has 0 fully saturated rings. The monoisotopic (exact) mass is 463 g/mol. The highest BCUT2D eigenvalue weighted by molar-refractivity contribution is 7.17. The normalized spacial score (nSPS) is 13.1. The number of alkyl halides is 3. The van der Waals surface area contributed by atoms with Crippen LogP contribution in [-0.2, 0) is 14.3 Å². The van der Waals surface area contributed by atoms with Crippen molar-refractivity contribution in [1.29, 1.82) is 0 Å². The van der Waals surface area contributed by atoms with Crippen molar-refractivity contribution in [1.82, 2.24) is 10.3 Å². The lowest BCUT2D eigenvalue weighted by atomic mass is 10.1. The zero-order valence-electron chi connectivity index (χ0n) is 16.4. The van der Waals surface area contributed by atoms with E-state index in [9.17, 15) is 31.9 Å². The van der Waals surface area contributed by atoms with Crippen LogP contribution >= 0.6 is 11.3 Å². The van der Waals surface area contributed by atoms with Crippen molar-refractivity contribution in [2.24, 2.45) is 0 Å². The third-order valence-electron chi connectivity index (χ3n) is 3.88. The highest BCUT2D eigenvalue weighted by Gasteiger charge is 2.64. The molecule has 1 atom stereocenters. The van der Waals surface area contributed by atoms with Crippen molar-refractivity contribution >= 4 is 34.3 Å². The first-order valence-corrected chi connectivity index (χ1v) is 9.42. The van der Waals surface area contributed by atoms with Crippen LogP contribution in [0.25, 0.3) is 0 Å². The summed E-state index contributed by atoms with van der Waals surface area (Å²) in [5.41, 5.74) is -4.04. The summed E-state index contributed by atoms with van der Waals surface area (Å²) >= 11 is 0.498. The molecule has 0 unspecified atom stereocenters. The van der Waals surface area contributed by atoms with E-state index in [1.54, 1.807) is 12.2 Å². The van der Waals surface area contributed by atoms with Gasteiger partial charge in [0.05, 0.1) is 19.4 Å². The van der Waals surface area contributed by atoms with Crippen LogP contribution in [0.4, 0.5) is 22.7 Å². The van der Waals surface area contributed by atoms with Crippen LogP contribution in [0.5, 0.6) is 0 Å². The number of carbonyl (C=O) groups is 3. The zero-order chi connectivity index (χ0) is 23.4. The second-order valence-corrected chi connectivity index (χ2v) is 6.98. The molecule has 0 aliphatic heterocycles. The van der Waals surface area contributed by atoms with E-state index in [0.29, 0.717) is 18.4 Å². The average Bonchev–Trinajstić information content (AvgIpc) is 3.06. The molecule has 0 bridgehead atoms. The Morgan fingerprint density at radius 1 is 1.16 bits per heavy atom. The smallest absolute Gasteiger partial charge is 0.442 e. The van der Waals surface area contributed by atoms with Crippen molar-refractivity contribution in [3.05, 3.63) is 46.2 Å². The van der Waals surface area contributed by atoms with E-state index in [4.69, 9.17) is 4.74 Å². The van der Waals surface area contributed by atoms with Crippen LogP contribution in [0, 0.1) is 12.7 Å². The summed E-state index contributed by atoms with van der Waals surface area (Å²) in [6, 6.07) is 3.61. The largest absolute Gasteiger partial charge is 0.466 e. The summed E-state index contributed by atoms with van der Waals surface area (Å²) in [6.07, 6.45) is -5.40. The summed E-state index contributed by atoms with van der Waals surface area (Å²) in [5, 5.41) is 2.92. The number of rotatable bonds is 7. The number of methoxy groups -OCH3 is 1. The van der Waals surface area contributed by atoms with E-state index < -0.39 is 40.6 Å². The minimum Gasteiger partial charge on any atom is -0.466 e. The van der Waals surface area contributed by atoms with Gasteiger partial charge in [-0.15, -0.1) is 0 Å². The Balaban J connectivity index is 2.49. The Hall–Kier alpha value is -3.22. The van der Waals surface area contributed by atoms with E-state index in [-0.39, 0.29) is 22.7 Å². The summed E-state index contributed by atoms with van der Waals surface area (Å²) in [5.74, 6) is -4.75. The highest BCUT2D eigenvalue weighted by Crippen LogP contribution is 2.35. The first kappa shape index (κ1) is 24.1. The molecule has 2 aromatic rings. The Labute approximate surface area is 177 Å². The van der Waals surface area contributed by atoms with Gasteiger partial charge in [0.2, 0.25) is 0 Å². The van der Waals surface area contributed by atoms with Gasteiger partial charge in [0, 0.05) is 5.56 Å². The van der Waals surface area contributed by atoms with Crippen LogP contribution in [-0.4, -0.2) is 48.4 Å². The van der Waals surface area contributed by atoms with Crippen molar-refractivity contribution < 1.29 is 41.4 Å². The van der Waals surface area contributed by atoms with Gasteiger partial charge in [-0.3, -0.25) is 4.79 Å². The molecule has 0 saturated heterocycles. The number of hydrogen-bond donors (Lipinski definition) is 2. The second kappa shape index (κ2) is 9.29. The molecule has 0 spiro atoms. The number of halogens is 4. The molecule has 31 heavy (non-hydrogen) atoms. The van der Waals surface area contributed by atoms with Crippen molar-refractivity contribution in [3.8, 4) is 0 Å². The number of amides is 1. The molecule has 13 heteroatoms. The summed E-state index contributed by atoms with van der Waals surface area (Å²) in [4.78, 5) is 40.3. The van der Waals surface area contributed by atoms with Crippen LogP contribution in [0.1, 0.15) is 32.6 Å². The number of nitrogens with one attached hydrogen (secondary N) is 2. The van der Waals surface area contributed by atoms with Crippen LogP contribution in [0.2, 0.25) is 0 Å². The minimum absolute atomic E-state index is 0.0291. The number of benzene rings is 1. The van der Waals surface area contributed by atoms with Gasteiger partial charge >= 0.3 is 23.8 Å². The fraction of sp³-hybridized carbons (Fsp3) is 0.333. The van der Waals surface area contributed by atoms with Crippen LogP contribution in [0.3, 0.4) is 0 Å². The lowest BCUT2D eigenvalue weighted by Gasteiger charge is -2.34. The molecule has 2 rings (SSSR count). The molecule has 1 aromatic carbocycles. The number of ether oxygens (including phenoxy) is 2. The van der Waals surface area contributed by atoms with Gasteiger partial charge in [-0.2, -0.15) is 13.2 Å².